The first-order valence-electron chi connectivity index (χ1n) is 6.62. The number of nitrogens with one attached hydrogen (secondary N) is 2. The fraction of sp³-hybridized carbons (Fsp3) is 0.214. The average molecular weight is 284 g/mol. The molecule has 4 N–H and O–H groups in total. The lowest BCUT2D eigenvalue weighted by Crippen LogP contribution is -2.22. The Balaban J connectivity index is 1.86. The van der Waals surface area contributed by atoms with E-state index in [9.17, 15) is 4.79 Å². The molecular formula is C14H16N6O. The lowest BCUT2D eigenvalue weighted by molar-refractivity contribution is 0.619. The van der Waals surface area contributed by atoms with Gasteiger partial charge in [-0.3, -0.25) is 4.79 Å². The van der Waals surface area contributed by atoms with E-state index >= 15 is 0 Å². The number of nitrogens with zero attached hydrogens (tertiary/aromatic N) is 3. The highest BCUT2D eigenvalue weighted by molar-refractivity contribution is 5.88. The number of nitrogens with two attached hydrogens (primary N) is 1. The Morgan fingerprint density at radius 1 is 1.48 bits per heavy atom. The largest absolute Gasteiger partial charge is 0.397 e. The number of hydrogen-bond donors (Lipinski definition) is 3. The number of anilines is 2. The summed E-state index contributed by atoms with van der Waals surface area (Å²) in [6, 6.07) is 3.60. The molecule has 1 atom stereocenters. The topological polar surface area (TPSA) is 102 Å². The van der Waals surface area contributed by atoms with Gasteiger partial charge < -0.3 is 20.6 Å². The first-order chi connectivity index (χ1) is 10.1. The number of H-pyrrole nitrogens is 1. The van der Waals surface area contributed by atoms with Crippen molar-refractivity contribution < 1.29 is 0 Å². The normalized spacial score (nSPS) is 12.4. The highest BCUT2D eigenvalue weighted by Gasteiger charge is 2.09. The van der Waals surface area contributed by atoms with Gasteiger partial charge in [0.05, 0.1) is 34.9 Å². The van der Waals surface area contributed by atoms with Gasteiger partial charge >= 0.3 is 0 Å². The van der Waals surface area contributed by atoms with Gasteiger partial charge in [0.25, 0.3) is 5.56 Å². The van der Waals surface area contributed by atoms with E-state index in [0.29, 0.717) is 16.6 Å². The van der Waals surface area contributed by atoms with Crippen molar-refractivity contribution in [1.82, 2.24) is 19.5 Å². The van der Waals surface area contributed by atoms with Gasteiger partial charge in [0, 0.05) is 25.0 Å². The summed E-state index contributed by atoms with van der Waals surface area (Å²) in [5, 5.41) is 3.82. The molecule has 0 aliphatic heterocycles. The van der Waals surface area contributed by atoms with E-state index in [-0.39, 0.29) is 11.6 Å². The summed E-state index contributed by atoms with van der Waals surface area (Å²) in [5.74, 6) is 0. The summed E-state index contributed by atoms with van der Waals surface area (Å²) in [5.41, 5.74) is 7.74. The van der Waals surface area contributed by atoms with Crippen LogP contribution in [-0.4, -0.2) is 25.6 Å². The molecular weight excluding hydrogens is 268 g/mol. The van der Waals surface area contributed by atoms with Crippen molar-refractivity contribution in [2.75, 3.05) is 11.1 Å². The van der Waals surface area contributed by atoms with Gasteiger partial charge in [0.2, 0.25) is 0 Å². The summed E-state index contributed by atoms with van der Waals surface area (Å²) in [7, 11) is 0. The van der Waals surface area contributed by atoms with Crippen LogP contribution < -0.4 is 16.6 Å². The molecule has 2 heterocycles. The van der Waals surface area contributed by atoms with Gasteiger partial charge in [-0.05, 0) is 19.1 Å². The Hall–Kier alpha value is -2.83. The zero-order valence-electron chi connectivity index (χ0n) is 11.6. The minimum atomic E-state index is -0.190. The number of benzene rings is 1. The van der Waals surface area contributed by atoms with Crippen molar-refractivity contribution in [2.45, 2.75) is 19.5 Å². The van der Waals surface area contributed by atoms with E-state index in [0.717, 1.165) is 12.2 Å². The molecule has 7 nitrogen and oxygen atoms in total. The van der Waals surface area contributed by atoms with E-state index in [4.69, 9.17) is 5.73 Å². The van der Waals surface area contributed by atoms with E-state index in [2.05, 4.69) is 27.2 Å². The van der Waals surface area contributed by atoms with Gasteiger partial charge in [0.15, 0.2) is 0 Å². The number of aromatic nitrogens is 4. The smallest absolute Gasteiger partial charge is 0.258 e. The van der Waals surface area contributed by atoms with Crippen LogP contribution in [0.4, 0.5) is 11.4 Å². The van der Waals surface area contributed by atoms with Crippen molar-refractivity contribution in [3.05, 3.63) is 47.5 Å². The maximum atomic E-state index is 11.7. The first-order valence-corrected chi connectivity index (χ1v) is 6.62. The fourth-order valence-electron chi connectivity index (χ4n) is 2.28. The molecule has 21 heavy (non-hydrogen) atoms. The van der Waals surface area contributed by atoms with Crippen molar-refractivity contribution >= 4 is 22.3 Å². The lowest BCUT2D eigenvalue weighted by Gasteiger charge is -2.17. The van der Waals surface area contributed by atoms with Crippen LogP contribution in [0.5, 0.6) is 0 Å². The maximum absolute atomic E-state index is 11.7. The van der Waals surface area contributed by atoms with Crippen LogP contribution in [0.15, 0.2) is 42.0 Å². The van der Waals surface area contributed by atoms with Gasteiger partial charge in [-0.25, -0.2) is 9.97 Å². The second kappa shape index (κ2) is 5.28. The monoisotopic (exact) mass is 284 g/mol. The molecule has 0 bridgehead atoms. The molecule has 3 aromatic rings. The molecule has 2 aromatic heterocycles. The molecule has 0 spiro atoms. The molecule has 1 aromatic carbocycles. The Labute approximate surface area is 120 Å². The number of rotatable bonds is 4. The molecule has 108 valence electrons. The summed E-state index contributed by atoms with van der Waals surface area (Å²) >= 11 is 0. The minimum absolute atomic E-state index is 0.154. The number of nitrogen functional groups attached to an aromatic ring is 1. The molecule has 0 aliphatic rings. The fourth-order valence-corrected chi connectivity index (χ4v) is 2.28. The molecule has 0 aliphatic carbocycles. The van der Waals surface area contributed by atoms with Crippen LogP contribution in [0.25, 0.3) is 10.9 Å². The number of imidazole rings is 1. The Morgan fingerprint density at radius 3 is 3.10 bits per heavy atom. The highest BCUT2D eigenvalue weighted by atomic mass is 16.1. The summed E-state index contributed by atoms with van der Waals surface area (Å²) in [4.78, 5) is 22.4. The van der Waals surface area contributed by atoms with Gasteiger partial charge in [-0.1, -0.05) is 0 Å². The van der Waals surface area contributed by atoms with Crippen LogP contribution in [0.1, 0.15) is 6.92 Å². The number of aromatic amines is 1. The van der Waals surface area contributed by atoms with Crippen molar-refractivity contribution in [2.24, 2.45) is 0 Å². The third-order valence-corrected chi connectivity index (χ3v) is 3.26. The molecule has 0 amide bonds. The number of hydrogen-bond acceptors (Lipinski definition) is 5. The predicted octanol–water partition coefficient (Wildman–Crippen LogP) is 1.20. The van der Waals surface area contributed by atoms with Crippen LogP contribution in [-0.2, 0) is 6.54 Å². The van der Waals surface area contributed by atoms with Gasteiger partial charge in [-0.15, -0.1) is 0 Å². The Morgan fingerprint density at radius 2 is 2.33 bits per heavy atom. The van der Waals surface area contributed by atoms with E-state index in [1.807, 2.05) is 10.8 Å². The van der Waals surface area contributed by atoms with Gasteiger partial charge in [0.1, 0.15) is 0 Å². The zero-order valence-corrected chi connectivity index (χ0v) is 11.6. The zero-order chi connectivity index (χ0) is 14.8. The first kappa shape index (κ1) is 13.2. The third kappa shape index (κ3) is 2.71. The van der Waals surface area contributed by atoms with E-state index in [1.54, 1.807) is 24.7 Å². The third-order valence-electron chi connectivity index (χ3n) is 3.26. The second-order valence-electron chi connectivity index (χ2n) is 4.99. The van der Waals surface area contributed by atoms with Crippen LogP contribution >= 0.6 is 0 Å². The minimum Gasteiger partial charge on any atom is -0.397 e. The molecule has 3 rings (SSSR count). The van der Waals surface area contributed by atoms with Gasteiger partial charge in [-0.2, -0.15) is 0 Å². The maximum Gasteiger partial charge on any atom is 0.258 e. The van der Waals surface area contributed by atoms with Crippen molar-refractivity contribution in [3.63, 3.8) is 0 Å². The van der Waals surface area contributed by atoms with Crippen LogP contribution in [0, 0.1) is 0 Å². The highest BCUT2D eigenvalue weighted by Crippen LogP contribution is 2.23. The summed E-state index contributed by atoms with van der Waals surface area (Å²) < 4.78 is 1.98. The average Bonchev–Trinajstić information content (AvgIpc) is 2.93. The summed E-state index contributed by atoms with van der Waals surface area (Å²) in [6.07, 6.45) is 6.80. The molecule has 0 saturated heterocycles. The van der Waals surface area contributed by atoms with E-state index in [1.165, 1.54) is 6.33 Å². The molecule has 0 fully saturated rings. The lowest BCUT2D eigenvalue weighted by atomic mass is 10.1. The van der Waals surface area contributed by atoms with Crippen molar-refractivity contribution in [3.8, 4) is 0 Å². The number of fused-ring (bicyclic) bond motifs is 1. The van der Waals surface area contributed by atoms with Crippen LogP contribution in [0.3, 0.4) is 0 Å². The Bertz CT molecular complexity index is 808. The second-order valence-corrected chi connectivity index (χ2v) is 4.99. The molecule has 0 saturated carbocycles. The molecule has 7 heteroatoms. The van der Waals surface area contributed by atoms with E-state index < -0.39 is 0 Å². The molecule has 1 unspecified atom stereocenters. The van der Waals surface area contributed by atoms with Crippen LogP contribution in [0.2, 0.25) is 0 Å². The Kier molecular flexibility index (Phi) is 3.31. The van der Waals surface area contributed by atoms with Crippen molar-refractivity contribution in [1.29, 1.82) is 0 Å². The summed E-state index contributed by atoms with van der Waals surface area (Å²) in [6.45, 7) is 2.81. The standard InChI is InChI=1S/C14H16N6O/c1-9(6-20-3-2-16-8-20)19-13-5-12-10(4-11(13)15)14(21)18-7-17-12/h2-5,7-9,19H,6,15H2,1H3,(H,17,18,21). The quantitative estimate of drug-likeness (QED) is 0.625. The molecule has 0 radical (unpaired) electrons. The SMILES string of the molecule is CC(Cn1ccnc1)Nc1cc2nc[nH]c(=O)c2cc1N. The predicted molar refractivity (Wildman–Crippen MR) is 82.1 cm³/mol.